The largest absolute Gasteiger partial charge is 0.388 e. The highest BCUT2D eigenvalue weighted by Gasteiger charge is 2.22. The number of nitrogens with one attached hydrogen (secondary N) is 2. The van der Waals surface area contributed by atoms with Gasteiger partial charge in [0, 0.05) is 12.2 Å². The average Bonchev–Trinajstić information content (AvgIpc) is 2.44. The van der Waals surface area contributed by atoms with E-state index < -0.39 is 17.4 Å². The Hall–Kier alpha value is -1.53. The topological polar surface area (TPSA) is 78.4 Å². The van der Waals surface area contributed by atoms with Crippen LogP contribution in [0.1, 0.15) is 13.3 Å². The van der Waals surface area contributed by atoms with Crippen LogP contribution in [0.25, 0.3) is 0 Å². The van der Waals surface area contributed by atoms with Crippen molar-refractivity contribution in [1.29, 1.82) is 0 Å². The Balaban J connectivity index is 2.40. The van der Waals surface area contributed by atoms with Crippen molar-refractivity contribution in [1.82, 2.24) is 5.32 Å². The molecule has 0 aromatic heterocycles. The molecule has 0 saturated heterocycles. The number of rotatable bonds is 6. The number of benzene rings is 1. The second kappa shape index (κ2) is 7.91. The Morgan fingerprint density at radius 1 is 1.25 bits per heavy atom. The van der Waals surface area contributed by atoms with Crippen LogP contribution in [0.3, 0.4) is 0 Å². The first-order valence-electron chi connectivity index (χ1n) is 6.30. The lowest BCUT2D eigenvalue weighted by atomic mass is 10.0. The SMILES string of the molecule is CSCC[C@@](C)(O)CNC(=O)C(=O)Nc1ccccc1. The van der Waals surface area contributed by atoms with Crippen molar-refractivity contribution in [2.75, 3.05) is 23.9 Å². The Bertz CT molecular complexity index is 449. The second-order valence-corrected chi connectivity index (χ2v) is 5.73. The van der Waals surface area contributed by atoms with Gasteiger partial charge in [0.1, 0.15) is 0 Å². The van der Waals surface area contributed by atoms with E-state index in [1.54, 1.807) is 43.0 Å². The highest BCUT2D eigenvalue weighted by Crippen LogP contribution is 2.11. The Kier molecular flexibility index (Phi) is 6.54. The van der Waals surface area contributed by atoms with Gasteiger partial charge in [0.05, 0.1) is 5.60 Å². The number of carbonyl (C=O) groups is 2. The molecular weight excluding hydrogens is 276 g/mol. The minimum absolute atomic E-state index is 0.0502. The maximum absolute atomic E-state index is 11.6. The van der Waals surface area contributed by atoms with Crippen LogP contribution in [0.4, 0.5) is 5.69 Å². The molecule has 0 saturated carbocycles. The third kappa shape index (κ3) is 6.08. The molecule has 0 aliphatic rings. The summed E-state index contributed by atoms with van der Waals surface area (Å²) in [7, 11) is 0. The number of aliphatic hydroxyl groups is 1. The third-order valence-corrected chi connectivity index (χ3v) is 3.32. The predicted molar refractivity (Wildman–Crippen MR) is 81.7 cm³/mol. The van der Waals surface area contributed by atoms with Crippen LogP contribution >= 0.6 is 11.8 Å². The number of amides is 2. The molecule has 20 heavy (non-hydrogen) atoms. The number of hydrogen-bond acceptors (Lipinski definition) is 4. The molecule has 0 aliphatic heterocycles. The lowest BCUT2D eigenvalue weighted by Crippen LogP contribution is -2.44. The lowest BCUT2D eigenvalue weighted by molar-refractivity contribution is -0.136. The molecule has 0 bridgehead atoms. The van der Waals surface area contributed by atoms with E-state index in [1.165, 1.54) is 0 Å². The molecule has 2 amide bonds. The normalized spacial score (nSPS) is 13.3. The summed E-state index contributed by atoms with van der Waals surface area (Å²) >= 11 is 1.62. The molecule has 0 fully saturated rings. The number of para-hydroxylation sites is 1. The highest BCUT2D eigenvalue weighted by atomic mass is 32.2. The molecule has 3 N–H and O–H groups in total. The van der Waals surface area contributed by atoms with E-state index in [9.17, 15) is 14.7 Å². The van der Waals surface area contributed by atoms with E-state index in [0.29, 0.717) is 12.1 Å². The van der Waals surface area contributed by atoms with E-state index in [4.69, 9.17) is 0 Å². The first-order valence-corrected chi connectivity index (χ1v) is 7.69. The predicted octanol–water partition coefficient (Wildman–Crippen LogP) is 1.25. The molecule has 0 unspecified atom stereocenters. The molecule has 6 heteroatoms. The minimum Gasteiger partial charge on any atom is -0.388 e. The summed E-state index contributed by atoms with van der Waals surface area (Å²) in [6.45, 7) is 1.69. The van der Waals surface area contributed by atoms with Crippen molar-refractivity contribution in [2.45, 2.75) is 18.9 Å². The van der Waals surface area contributed by atoms with Crippen LogP contribution < -0.4 is 10.6 Å². The van der Waals surface area contributed by atoms with Crippen LogP contribution in [0.5, 0.6) is 0 Å². The van der Waals surface area contributed by atoms with Crippen LogP contribution in [0.15, 0.2) is 30.3 Å². The Morgan fingerprint density at radius 2 is 1.90 bits per heavy atom. The maximum Gasteiger partial charge on any atom is 0.313 e. The van der Waals surface area contributed by atoms with Crippen molar-refractivity contribution in [3.05, 3.63) is 30.3 Å². The molecule has 0 aliphatic carbocycles. The molecule has 0 spiro atoms. The van der Waals surface area contributed by atoms with Gasteiger partial charge in [0.25, 0.3) is 0 Å². The van der Waals surface area contributed by atoms with Crippen LogP contribution in [0.2, 0.25) is 0 Å². The van der Waals surface area contributed by atoms with Crippen LogP contribution in [-0.4, -0.2) is 41.1 Å². The molecule has 0 radical (unpaired) electrons. The monoisotopic (exact) mass is 296 g/mol. The molecule has 5 nitrogen and oxygen atoms in total. The summed E-state index contributed by atoms with van der Waals surface area (Å²) < 4.78 is 0. The number of anilines is 1. The van der Waals surface area contributed by atoms with Gasteiger partial charge < -0.3 is 15.7 Å². The first-order chi connectivity index (χ1) is 9.44. The van der Waals surface area contributed by atoms with Crippen molar-refractivity contribution in [2.24, 2.45) is 0 Å². The van der Waals surface area contributed by atoms with E-state index in [1.807, 2.05) is 12.3 Å². The second-order valence-electron chi connectivity index (χ2n) is 4.74. The molecular formula is C14H20N2O3S. The summed E-state index contributed by atoms with van der Waals surface area (Å²) in [4.78, 5) is 23.3. The Labute approximate surface area is 123 Å². The quantitative estimate of drug-likeness (QED) is 0.690. The number of hydrogen-bond donors (Lipinski definition) is 3. The van der Waals surface area contributed by atoms with E-state index in [-0.39, 0.29) is 6.54 Å². The van der Waals surface area contributed by atoms with Crippen LogP contribution in [0, 0.1) is 0 Å². The molecule has 1 aromatic rings. The van der Waals surface area contributed by atoms with Gasteiger partial charge in [-0.1, -0.05) is 18.2 Å². The van der Waals surface area contributed by atoms with Gasteiger partial charge in [0.15, 0.2) is 0 Å². The van der Waals surface area contributed by atoms with Crippen LogP contribution in [-0.2, 0) is 9.59 Å². The highest BCUT2D eigenvalue weighted by molar-refractivity contribution is 7.98. The van der Waals surface area contributed by atoms with Crippen molar-refractivity contribution >= 4 is 29.3 Å². The smallest absolute Gasteiger partial charge is 0.313 e. The molecule has 110 valence electrons. The fourth-order valence-corrected chi connectivity index (χ4v) is 2.11. The summed E-state index contributed by atoms with van der Waals surface area (Å²) in [5.41, 5.74) is -0.451. The number of carbonyl (C=O) groups excluding carboxylic acids is 2. The fourth-order valence-electron chi connectivity index (χ4n) is 1.47. The molecule has 1 atom stereocenters. The van der Waals surface area contributed by atoms with Gasteiger partial charge in [-0.2, -0.15) is 11.8 Å². The summed E-state index contributed by atoms with van der Waals surface area (Å²) in [6.07, 6.45) is 2.50. The summed E-state index contributed by atoms with van der Waals surface area (Å²) in [6, 6.07) is 8.74. The van der Waals surface area contributed by atoms with Gasteiger partial charge in [-0.05, 0) is 37.5 Å². The number of thioether (sulfide) groups is 1. The van der Waals surface area contributed by atoms with Gasteiger partial charge in [0.2, 0.25) is 0 Å². The summed E-state index contributed by atoms with van der Waals surface area (Å²) in [5, 5.41) is 14.9. The van der Waals surface area contributed by atoms with Crippen molar-refractivity contribution in [3.63, 3.8) is 0 Å². The van der Waals surface area contributed by atoms with Gasteiger partial charge in [-0.3, -0.25) is 9.59 Å². The molecule has 0 heterocycles. The zero-order valence-electron chi connectivity index (χ0n) is 11.7. The summed E-state index contributed by atoms with van der Waals surface area (Å²) in [5.74, 6) is -0.700. The molecule has 1 rings (SSSR count). The van der Waals surface area contributed by atoms with Gasteiger partial charge in [-0.15, -0.1) is 0 Å². The average molecular weight is 296 g/mol. The minimum atomic E-state index is -1.01. The van der Waals surface area contributed by atoms with E-state index in [0.717, 1.165) is 5.75 Å². The standard InChI is InChI=1S/C14H20N2O3S/c1-14(19,8-9-20-2)10-15-12(17)13(18)16-11-6-4-3-5-7-11/h3-7,19H,8-10H2,1-2H3,(H,15,17)(H,16,18)/t14-/m1/s1. The third-order valence-electron chi connectivity index (χ3n) is 2.71. The lowest BCUT2D eigenvalue weighted by Gasteiger charge is -2.22. The first kappa shape index (κ1) is 16.5. The van der Waals surface area contributed by atoms with Gasteiger partial charge in [-0.25, -0.2) is 0 Å². The zero-order valence-corrected chi connectivity index (χ0v) is 12.5. The molecule has 1 aromatic carbocycles. The van der Waals surface area contributed by atoms with E-state index in [2.05, 4.69) is 10.6 Å². The van der Waals surface area contributed by atoms with Gasteiger partial charge >= 0.3 is 11.8 Å². The zero-order chi connectivity index (χ0) is 15.0. The maximum atomic E-state index is 11.6. The Morgan fingerprint density at radius 3 is 2.50 bits per heavy atom. The van der Waals surface area contributed by atoms with E-state index >= 15 is 0 Å². The fraction of sp³-hybridized carbons (Fsp3) is 0.429. The van der Waals surface area contributed by atoms with Crippen molar-refractivity contribution < 1.29 is 14.7 Å². The van der Waals surface area contributed by atoms with Crippen molar-refractivity contribution in [3.8, 4) is 0 Å².